The lowest BCUT2D eigenvalue weighted by molar-refractivity contribution is 0.426. The quantitative estimate of drug-likeness (QED) is 0.541. The first kappa shape index (κ1) is 10.7. The van der Waals surface area contributed by atoms with Crippen LogP contribution >= 0.6 is 11.3 Å². The van der Waals surface area contributed by atoms with Gasteiger partial charge in [0.2, 0.25) is 5.82 Å². The smallest absolute Gasteiger partial charge is 0.262 e. The molecular formula is C11H8N4O2S. The summed E-state index contributed by atoms with van der Waals surface area (Å²) in [6.45, 7) is 0. The Hall–Kier alpha value is -2.41. The van der Waals surface area contributed by atoms with Gasteiger partial charge in [0, 0.05) is 5.38 Å². The number of anilines is 1. The molecule has 0 amide bonds. The number of hydrogen-bond donors (Lipinski definition) is 2. The number of benzene rings is 1. The number of nitrogen functional groups attached to an aromatic ring is 1. The highest BCUT2D eigenvalue weighted by Crippen LogP contribution is 2.33. The molecule has 3 aromatic rings. The number of aromatic nitrogens is 3. The predicted molar refractivity (Wildman–Crippen MR) is 66.9 cm³/mol. The number of nitrogens with two attached hydrogens (primary N) is 1. The maximum absolute atomic E-state index is 9.82. The van der Waals surface area contributed by atoms with E-state index in [4.69, 9.17) is 10.3 Å². The minimum absolute atomic E-state index is 0.0639. The van der Waals surface area contributed by atoms with Crippen LogP contribution in [0.5, 0.6) is 5.75 Å². The van der Waals surface area contributed by atoms with Crippen molar-refractivity contribution in [2.24, 2.45) is 0 Å². The van der Waals surface area contributed by atoms with E-state index < -0.39 is 0 Å². The molecule has 0 aliphatic heterocycles. The van der Waals surface area contributed by atoms with Gasteiger partial charge in [-0.3, -0.25) is 0 Å². The highest BCUT2D eigenvalue weighted by molar-refractivity contribution is 7.07. The van der Waals surface area contributed by atoms with E-state index in [0.29, 0.717) is 17.1 Å². The van der Waals surface area contributed by atoms with Gasteiger partial charge in [-0.2, -0.15) is 4.98 Å². The normalized spacial score (nSPS) is 10.7. The molecule has 0 saturated carbocycles. The van der Waals surface area contributed by atoms with Crippen molar-refractivity contribution >= 4 is 17.0 Å². The van der Waals surface area contributed by atoms with Crippen LogP contribution in [-0.4, -0.2) is 20.2 Å². The third-order valence-electron chi connectivity index (χ3n) is 2.39. The van der Waals surface area contributed by atoms with E-state index in [2.05, 4.69) is 15.1 Å². The molecule has 3 rings (SSSR count). The van der Waals surface area contributed by atoms with E-state index in [0.717, 1.165) is 0 Å². The topological polar surface area (TPSA) is 98.1 Å². The molecule has 0 radical (unpaired) electrons. The maximum atomic E-state index is 9.82. The standard InChI is InChI=1S/C11H8N4O2S/c12-7-3-1-2-6(9(7)16)11-14-10(15-17-11)8-4-18-5-13-8/h1-5,16H,12H2. The summed E-state index contributed by atoms with van der Waals surface area (Å²) in [5.41, 5.74) is 8.60. The van der Waals surface area contributed by atoms with Crippen LogP contribution in [0.25, 0.3) is 23.0 Å². The minimum Gasteiger partial charge on any atom is -0.505 e. The van der Waals surface area contributed by atoms with E-state index in [1.807, 2.05) is 5.38 Å². The van der Waals surface area contributed by atoms with Crippen molar-refractivity contribution in [2.75, 3.05) is 5.73 Å². The number of phenols is 1. The lowest BCUT2D eigenvalue weighted by atomic mass is 10.2. The first-order valence-electron chi connectivity index (χ1n) is 5.06. The van der Waals surface area contributed by atoms with Gasteiger partial charge < -0.3 is 15.4 Å². The summed E-state index contributed by atoms with van der Waals surface area (Å²) < 4.78 is 5.10. The SMILES string of the molecule is Nc1cccc(-c2nc(-c3cscn3)no2)c1O. The molecule has 0 aliphatic rings. The second-order valence-corrected chi connectivity index (χ2v) is 4.26. The molecule has 7 heteroatoms. The van der Waals surface area contributed by atoms with E-state index >= 15 is 0 Å². The molecule has 0 aliphatic carbocycles. The Labute approximate surface area is 106 Å². The molecule has 0 spiro atoms. The largest absolute Gasteiger partial charge is 0.505 e. The van der Waals surface area contributed by atoms with E-state index in [1.54, 1.807) is 23.7 Å². The number of rotatable bonds is 2. The zero-order valence-electron chi connectivity index (χ0n) is 9.07. The molecule has 3 N–H and O–H groups in total. The minimum atomic E-state index is -0.0639. The molecule has 0 bridgehead atoms. The third-order valence-corrected chi connectivity index (χ3v) is 2.97. The van der Waals surface area contributed by atoms with Crippen molar-refractivity contribution in [2.45, 2.75) is 0 Å². The first-order valence-corrected chi connectivity index (χ1v) is 6.00. The number of phenolic OH excluding ortho intramolecular Hbond substituents is 1. The number of para-hydroxylation sites is 1. The van der Waals surface area contributed by atoms with Gasteiger partial charge in [-0.1, -0.05) is 11.2 Å². The Balaban J connectivity index is 2.06. The molecule has 0 fully saturated rings. The van der Waals surface area contributed by atoms with E-state index in [-0.39, 0.29) is 17.3 Å². The zero-order valence-corrected chi connectivity index (χ0v) is 9.89. The molecule has 0 atom stereocenters. The Morgan fingerprint density at radius 1 is 1.33 bits per heavy atom. The highest BCUT2D eigenvalue weighted by atomic mass is 32.1. The van der Waals surface area contributed by atoms with Crippen LogP contribution in [0.4, 0.5) is 5.69 Å². The molecular weight excluding hydrogens is 252 g/mol. The molecule has 2 heterocycles. The average Bonchev–Trinajstić information content (AvgIpc) is 3.01. The lowest BCUT2D eigenvalue weighted by Gasteiger charge is -2.01. The van der Waals surface area contributed by atoms with Crippen molar-refractivity contribution in [3.8, 4) is 28.7 Å². The molecule has 0 unspecified atom stereocenters. The van der Waals surface area contributed by atoms with Crippen molar-refractivity contribution in [3.05, 3.63) is 29.1 Å². The van der Waals surface area contributed by atoms with Crippen molar-refractivity contribution in [1.82, 2.24) is 15.1 Å². The predicted octanol–water partition coefficient (Wildman–Crippen LogP) is 2.15. The summed E-state index contributed by atoms with van der Waals surface area (Å²) in [4.78, 5) is 8.26. The summed E-state index contributed by atoms with van der Waals surface area (Å²) in [7, 11) is 0. The molecule has 0 saturated heterocycles. The molecule has 6 nitrogen and oxygen atoms in total. The summed E-state index contributed by atoms with van der Waals surface area (Å²) in [5, 5.41) is 15.4. The number of nitrogens with zero attached hydrogens (tertiary/aromatic N) is 3. The van der Waals surface area contributed by atoms with Crippen LogP contribution in [0.15, 0.2) is 33.6 Å². The van der Waals surface area contributed by atoms with Gasteiger partial charge >= 0.3 is 0 Å². The fourth-order valence-electron chi connectivity index (χ4n) is 1.49. The van der Waals surface area contributed by atoms with Crippen LogP contribution in [0.2, 0.25) is 0 Å². The van der Waals surface area contributed by atoms with E-state index in [9.17, 15) is 5.11 Å². The van der Waals surface area contributed by atoms with Crippen LogP contribution < -0.4 is 5.73 Å². The van der Waals surface area contributed by atoms with Gasteiger partial charge in [-0.15, -0.1) is 11.3 Å². The average molecular weight is 260 g/mol. The van der Waals surface area contributed by atoms with Crippen LogP contribution in [-0.2, 0) is 0 Å². The van der Waals surface area contributed by atoms with E-state index in [1.165, 1.54) is 11.3 Å². The number of aromatic hydroxyl groups is 1. The summed E-state index contributed by atoms with van der Waals surface area (Å²) in [5.74, 6) is 0.529. The van der Waals surface area contributed by atoms with Crippen LogP contribution in [0, 0.1) is 0 Å². The Morgan fingerprint density at radius 3 is 3.00 bits per heavy atom. The molecule has 2 aromatic heterocycles. The van der Waals surface area contributed by atoms with Gasteiger partial charge in [0.05, 0.1) is 16.8 Å². The fourth-order valence-corrected chi connectivity index (χ4v) is 2.02. The van der Waals surface area contributed by atoms with Gasteiger partial charge in [0.15, 0.2) is 5.75 Å². The number of hydrogen-bond acceptors (Lipinski definition) is 7. The Kier molecular flexibility index (Phi) is 2.45. The molecule has 1 aromatic carbocycles. The lowest BCUT2D eigenvalue weighted by Crippen LogP contribution is -1.88. The summed E-state index contributed by atoms with van der Waals surface area (Å²) >= 11 is 1.44. The monoisotopic (exact) mass is 260 g/mol. The Bertz CT molecular complexity index is 678. The zero-order chi connectivity index (χ0) is 12.5. The third kappa shape index (κ3) is 1.70. The second-order valence-electron chi connectivity index (χ2n) is 3.54. The van der Waals surface area contributed by atoms with Gasteiger partial charge in [0.1, 0.15) is 5.69 Å². The first-order chi connectivity index (χ1) is 8.75. The number of thiazole rings is 1. The fraction of sp³-hybridized carbons (Fsp3) is 0. The van der Waals surface area contributed by atoms with Crippen molar-refractivity contribution in [3.63, 3.8) is 0 Å². The molecule has 90 valence electrons. The summed E-state index contributed by atoms with van der Waals surface area (Å²) in [6, 6.07) is 4.96. The Morgan fingerprint density at radius 2 is 2.22 bits per heavy atom. The summed E-state index contributed by atoms with van der Waals surface area (Å²) in [6.07, 6.45) is 0. The van der Waals surface area contributed by atoms with Crippen LogP contribution in [0.1, 0.15) is 0 Å². The van der Waals surface area contributed by atoms with Crippen molar-refractivity contribution < 1.29 is 9.63 Å². The van der Waals surface area contributed by atoms with Crippen LogP contribution in [0.3, 0.4) is 0 Å². The van der Waals surface area contributed by atoms with Gasteiger partial charge in [-0.05, 0) is 12.1 Å². The van der Waals surface area contributed by atoms with Gasteiger partial charge in [-0.25, -0.2) is 4.98 Å². The maximum Gasteiger partial charge on any atom is 0.262 e. The van der Waals surface area contributed by atoms with Crippen molar-refractivity contribution in [1.29, 1.82) is 0 Å². The molecule has 18 heavy (non-hydrogen) atoms. The van der Waals surface area contributed by atoms with Gasteiger partial charge in [0.25, 0.3) is 5.89 Å². The second kappa shape index (κ2) is 4.11. The highest BCUT2D eigenvalue weighted by Gasteiger charge is 2.15.